The normalized spacial score (nSPS) is 15.2. The third-order valence-corrected chi connectivity index (χ3v) is 4.56. The number of hydrogen-bond donors (Lipinski definition) is 1. The number of rotatable bonds is 3. The summed E-state index contributed by atoms with van der Waals surface area (Å²) in [6.45, 7) is 3.26. The molecule has 0 bridgehead atoms. The van der Waals surface area contributed by atoms with E-state index >= 15 is 0 Å². The molecule has 1 N–H and O–H groups in total. The molecule has 0 radical (unpaired) electrons. The maximum atomic E-state index is 3.59. The van der Waals surface area contributed by atoms with Crippen molar-refractivity contribution in [1.82, 2.24) is 5.32 Å². The van der Waals surface area contributed by atoms with Crippen molar-refractivity contribution in [3.8, 4) is 0 Å². The number of nitrogens with zero attached hydrogens (tertiary/aromatic N) is 1. The van der Waals surface area contributed by atoms with E-state index in [1.165, 1.54) is 22.5 Å². The second kappa shape index (κ2) is 5.58. The largest absolute Gasteiger partial charge is 0.341 e. The molecule has 0 aromatic heterocycles. The zero-order chi connectivity index (χ0) is 14.1. The van der Waals surface area contributed by atoms with Crippen molar-refractivity contribution < 1.29 is 0 Å². The molecule has 20 heavy (non-hydrogen) atoms. The van der Waals surface area contributed by atoms with Crippen molar-refractivity contribution in [3.63, 3.8) is 0 Å². The highest BCUT2D eigenvalue weighted by molar-refractivity contribution is 9.10. The van der Waals surface area contributed by atoms with Gasteiger partial charge in [-0.1, -0.05) is 34.1 Å². The highest BCUT2D eigenvalue weighted by atomic mass is 79.9. The minimum atomic E-state index is 0.329. The van der Waals surface area contributed by atoms with Crippen molar-refractivity contribution in [2.24, 2.45) is 0 Å². The molecule has 0 amide bonds. The summed E-state index contributed by atoms with van der Waals surface area (Å²) >= 11 is 3.59. The number of benzene rings is 2. The molecular weight excluding hydrogens is 312 g/mol. The van der Waals surface area contributed by atoms with Gasteiger partial charge in [-0.05, 0) is 55.8 Å². The Labute approximate surface area is 128 Å². The zero-order valence-corrected chi connectivity index (χ0v) is 13.4. The van der Waals surface area contributed by atoms with Gasteiger partial charge in [-0.2, -0.15) is 0 Å². The molecule has 0 saturated heterocycles. The Morgan fingerprint density at radius 3 is 2.75 bits per heavy atom. The Bertz CT molecular complexity index is 624. The number of nitrogens with one attached hydrogen (secondary N) is 1. The number of anilines is 2. The fourth-order valence-corrected chi connectivity index (χ4v) is 3.24. The van der Waals surface area contributed by atoms with E-state index < -0.39 is 0 Å². The highest BCUT2D eigenvalue weighted by Crippen LogP contribution is 2.38. The van der Waals surface area contributed by atoms with Gasteiger partial charge in [0, 0.05) is 28.4 Å². The quantitative estimate of drug-likeness (QED) is 0.895. The summed E-state index contributed by atoms with van der Waals surface area (Å²) in [7, 11) is 2.01. The molecule has 1 atom stereocenters. The minimum absolute atomic E-state index is 0.329. The summed E-state index contributed by atoms with van der Waals surface area (Å²) in [5.41, 5.74) is 5.43. The Hall–Kier alpha value is -1.32. The third-order valence-electron chi connectivity index (χ3n) is 4.07. The molecule has 0 aliphatic carbocycles. The summed E-state index contributed by atoms with van der Waals surface area (Å²) in [4.78, 5) is 2.44. The minimum Gasteiger partial charge on any atom is -0.341 e. The Balaban J connectivity index is 2.07. The molecular formula is C17H19BrN2. The van der Waals surface area contributed by atoms with E-state index in [9.17, 15) is 0 Å². The van der Waals surface area contributed by atoms with E-state index in [1.54, 1.807) is 0 Å². The van der Waals surface area contributed by atoms with Gasteiger partial charge in [0.05, 0.1) is 0 Å². The molecule has 0 spiro atoms. The lowest BCUT2D eigenvalue weighted by atomic mass is 10.1. The topological polar surface area (TPSA) is 15.3 Å². The molecule has 2 aromatic carbocycles. The lowest BCUT2D eigenvalue weighted by Crippen LogP contribution is -2.20. The van der Waals surface area contributed by atoms with E-state index in [1.807, 2.05) is 7.05 Å². The average Bonchev–Trinajstić information content (AvgIpc) is 2.90. The lowest BCUT2D eigenvalue weighted by Gasteiger charge is -2.25. The van der Waals surface area contributed by atoms with Crippen LogP contribution in [0.15, 0.2) is 46.9 Å². The van der Waals surface area contributed by atoms with Crippen LogP contribution in [0, 0.1) is 0 Å². The molecule has 0 saturated carbocycles. The summed E-state index contributed by atoms with van der Waals surface area (Å²) in [6, 6.07) is 15.6. The predicted molar refractivity (Wildman–Crippen MR) is 88.8 cm³/mol. The smallest absolute Gasteiger partial charge is 0.0460 e. The van der Waals surface area contributed by atoms with Crippen molar-refractivity contribution in [2.45, 2.75) is 19.4 Å². The maximum absolute atomic E-state index is 3.59. The van der Waals surface area contributed by atoms with Crippen molar-refractivity contribution >= 4 is 27.3 Å². The van der Waals surface area contributed by atoms with Crippen LogP contribution in [-0.2, 0) is 6.42 Å². The Morgan fingerprint density at radius 2 is 1.95 bits per heavy atom. The Kier molecular flexibility index (Phi) is 3.81. The van der Waals surface area contributed by atoms with Gasteiger partial charge in [0.15, 0.2) is 0 Å². The first-order chi connectivity index (χ1) is 9.70. The van der Waals surface area contributed by atoms with Crippen molar-refractivity contribution in [3.05, 3.63) is 58.1 Å². The van der Waals surface area contributed by atoms with Crippen molar-refractivity contribution in [1.29, 1.82) is 0 Å². The van der Waals surface area contributed by atoms with Crippen LogP contribution in [0.5, 0.6) is 0 Å². The summed E-state index contributed by atoms with van der Waals surface area (Å²) < 4.78 is 1.13. The SMILES string of the molecule is CNC(C)c1cc(Br)ccc1N1CCc2ccccc21. The molecule has 3 rings (SSSR count). The molecule has 3 heteroatoms. The van der Waals surface area contributed by atoms with E-state index in [0.717, 1.165) is 17.4 Å². The molecule has 2 aromatic rings. The van der Waals surface area contributed by atoms with Gasteiger partial charge in [0.1, 0.15) is 0 Å². The first-order valence-corrected chi connectivity index (χ1v) is 7.82. The fourth-order valence-electron chi connectivity index (χ4n) is 2.86. The number of hydrogen-bond acceptors (Lipinski definition) is 2. The van der Waals surface area contributed by atoms with Crippen LogP contribution in [0.2, 0.25) is 0 Å². The molecule has 104 valence electrons. The van der Waals surface area contributed by atoms with E-state index in [0.29, 0.717) is 6.04 Å². The second-order valence-electron chi connectivity index (χ2n) is 5.24. The molecule has 1 heterocycles. The van der Waals surface area contributed by atoms with Gasteiger partial charge in [0.2, 0.25) is 0 Å². The van der Waals surface area contributed by atoms with Crippen LogP contribution in [0.1, 0.15) is 24.1 Å². The van der Waals surface area contributed by atoms with Crippen LogP contribution < -0.4 is 10.2 Å². The first-order valence-electron chi connectivity index (χ1n) is 7.03. The van der Waals surface area contributed by atoms with Gasteiger partial charge in [-0.25, -0.2) is 0 Å². The van der Waals surface area contributed by atoms with Crippen LogP contribution in [0.3, 0.4) is 0 Å². The summed E-state index contributed by atoms with van der Waals surface area (Å²) in [5.74, 6) is 0. The van der Waals surface area contributed by atoms with Crippen molar-refractivity contribution in [2.75, 3.05) is 18.5 Å². The number of fused-ring (bicyclic) bond motifs is 1. The van der Waals surface area contributed by atoms with Gasteiger partial charge in [-0.15, -0.1) is 0 Å². The van der Waals surface area contributed by atoms with Gasteiger partial charge >= 0.3 is 0 Å². The monoisotopic (exact) mass is 330 g/mol. The molecule has 1 aliphatic rings. The van der Waals surface area contributed by atoms with Crippen LogP contribution in [0.25, 0.3) is 0 Å². The zero-order valence-electron chi connectivity index (χ0n) is 11.9. The van der Waals surface area contributed by atoms with E-state index in [4.69, 9.17) is 0 Å². The van der Waals surface area contributed by atoms with Gasteiger partial charge < -0.3 is 10.2 Å². The predicted octanol–water partition coefficient (Wildman–Crippen LogP) is 4.42. The maximum Gasteiger partial charge on any atom is 0.0460 e. The molecule has 2 nitrogen and oxygen atoms in total. The molecule has 1 aliphatic heterocycles. The van der Waals surface area contributed by atoms with E-state index in [-0.39, 0.29) is 0 Å². The van der Waals surface area contributed by atoms with Crippen LogP contribution >= 0.6 is 15.9 Å². The first kappa shape index (κ1) is 13.7. The standard InChI is InChI=1S/C17H19BrN2/c1-12(19-2)15-11-14(18)7-8-17(15)20-10-9-13-5-3-4-6-16(13)20/h3-8,11-12,19H,9-10H2,1-2H3. The summed E-state index contributed by atoms with van der Waals surface area (Å²) in [6.07, 6.45) is 1.12. The van der Waals surface area contributed by atoms with Gasteiger partial charge in [0.25, 0.3) is 0 Å². The van der Waals surface area contributed by atoms with E-state index in [2.05, 4.69) is 75.5 Å². The average molecular weight is 331 g/mol. The van der Waals surface area contributed by atoms with Crippen LogP contribution in [0.4, 0.5) is 11.4 Å². The Morgan fingerprint density at radius 1 is 1.15 bits per heavy atom. The third kappa shape index (κ3) is 2.36. The molecule has 1 unspecified atom stereocenters. The lowest BCUT2D eigenvalue weighted by molar-refractivity contribution is 0.651. The van der Waals surface area contributed by atoms with Gasteiger partial charge in [-0.3, -0.25) is 0 Å². The fraction of sp³-hybridized carbons (Fsp3) is 0.294. The second-order valence-corrected chi connectivity index (χ2v) is 6.16. The number of para-hydroxylation sites is 1. The number of halogens is 1. The van der Waals surface area contributed by atoms with Crippen LogP contribution in [-0.4, -0.2) is 13.6 Å². The summed E-state index contributed by atoms with van der Waals surface area (Å²) in [5, 5.41) is 3.35. The molecule has 0 fully saturated rings. The highest BCUT2D eigenvalue weighted by Gasteiger charge is 2.23.